The Bertz CT molecular complexity index is 527. The highest BCUT2D eigenvalue weighted by molar-refractivity contribution is 7.80. The first-order chi connectivity index (χ1) is 8.15. The predicted octanol–water partition coefficient (Wildman–Crippen LogP) is 3.32. The molecule has 0 bridgehead atoms. The third-order valence-electron chi connectivity index (χ3n) is 2.45. The minimum absolute atomic E-state index is 0.516. The summed E-state index contributed by atoms with van der Waals surface area (Å²) < 4.78 is 0. The second-order valence-corrected chi connectivity index (χ2v) is 4.40. The van der Waals surface area contributed by atoms with Crippen molar-refractivity contribution in [1.82, 2.24) is 0 Å². The second-order valence-electron chi connectivity index (χ2n) is 3.88. The van der Waals surface area contributed by atoms with Crippen LogP contribution in [0.4, 0.5) is 5.69 Å². The van der Waals surface area contributed by atoms with E-state index < -0.39 is 0 Å². The first-order valence-corrected chi connectivity index (χ1v) is 5.80. The Hall–Kier alpha value is -1.74. The maximum Gasteiger partial charge on any atom is 0.131 e. The van der Waals surface area contributed by atoms with E-state index in [4.69, 9.17) is 5.73 Å². The van der Waals surface area contributed by atoms with E-state index in [1.165, 1.54) is 5.56 Å². The standard InChI is InChI=1S/C14H14N2S/c1-10-2-6-12(7-3-10)16-14(15)11-4-8-13(17)9-5-11/h2-9,17H,1H3,(H2,15,16). The fourth-order valence-electron chi connectivity index (χ4n) is 1.46. The molecule has 3 heteroatoms. The lowest BCUT2D eigenvalue weighted by Gasteiger charge is -2.02. The molecule has 2 N–H and O–H groups in total. The summed E-state index contributed by atoms with van der Waals surface area (Å²) in [5.74, 6) is 0.516. The van der Waals surface area contributed by atoms with Gasteiger partial charge in [0.2, 0.25) is 0 Å². The van der Waals surface area contributed by atoms with Crippen molar-refractivity contribution in [1.29, 1.82) is 0 Å². The van der Waals surface area contributed by atoms with Gasteiger partial charge in [-0.2, -0.15) is 0 Å². The van der Waals surface area contributed by atoms with Crippen LogP contribution in [-0.2, 0) is 0 Å². The molecule has 0 unspecified atom stereocenters. The van der Waals surface area contributed by atoms with E-state index in [2.05, 4.69) is 17.6 Å². The van der Waals surface area contributed by atoms with Crippen LogP contribution in [-0.4, -0.2) is 5.84 Å². The lowest BCUT2D eigenvalue weighted by Crippen LogP contribution is -2.12. The quantitative estimate of drug-likeness (QED) is 0.473. The Morgan fingerprint density at radius 3 is 2.18 bits per heavy atom. The van der Waals surface area contributed by atoms with Gasteiger partial charge in [0.15, 0.2) is 0 Å². The highest BCUT2D eigenvalue weighted by Crippen LogP contribution is 2.14. The van der Waals surface area contributed by atoms with Gasteiger partial charge in [0.1, 0.15) is 5.84 Å². The highest BCUT2D eigenvalue weighted by atomic mass is 32.1. The van der Waals surface area contributed by atoms with Gasteiger partial charge in [-0.1, -0.05) is 29.8 Å². The number of hydrogen-bond acceptors (Lipinski definition) is 2. The SMILES string of the molecule is Cc1ccc(N=C(N)c2ccc(S)cc2)cc1. The lowest BCUT2D eigenvalue weighted by molar-refractivity contribution is 1.39. The number of hydrogen-bond donors (Lipinski definition) is 2. The van der Waals surface area contributed by atoms with Crippen LogP contribution < -0.4 is 5.73 Å². The van der Waals surface area contributed by atoms with Gasteiger partial charge in [-0.25, -0.2) is 4.99 Å². The number of rotatable bonds is 2. The first-order valence-electron chi connectivity index (χ1n) is 5.35. The first kappa shape index (κ1) is 11.7. The van der Waals surface area contributed by atoms with Crippen LogP contribution in [0.15, 0.2) is 58.4 Å². The molecule has 86 valence electrons. The van der Waals surface area contributed by atoms with Gasteiger partial charge in [0.05, 0.1) is 5.69 Å². The summed E-state index contributed by atoms with van der Waals surface area (Å²) in [6, 6.07) is 15.6. The average Bonchev–Trinajstić information content (AvgIpc) is 2.33. The zero-order chi connectivity index (χ0) is 12.3. The van der Waals surface area contributed by atoms with Crippen LogP contribution >= 0.6 is 12.6 Å². The molecule has 0 radical (unpaired) electrons. The van der Waals surface area contributed by atoms with Gasteiger partial charge in [-0.05, 0) is 31.2 Å². The maximum absolute atomic E-state index is 5.94. The fourth-order valence-corrected chi connectivity index (χ4v) is 1.60. The van der Waals surface area contributed by atoms with Crippen LogP contribution in [0.1, 0.15) is 11.1 Å². The van der Waals surface area contributed by atoms with Gasteiger partial charge in [0.25, 0.3) is 0 Å². The molecule has 2 aromatic rings. The molecule has 0 aliphatic rings. The summed E-state index contributed by atoms with van der Waals surface area (Å²) in [5.41, 5.74) is 8.92. The van der Waals surface area contributed by atoms with Crippen molar-refractivity contribution in [3.05, 3.63) is 59.7 Å². The number of nitrogens with zero attached hydrogens (tertiary/aromatic N) is 1. The van der Waals surface area contributed by atoms with Crippen molar-refractivity contribution >= 4 is 24.2 Å². The summed E-state index contributed by atoms with van der Waals surface area (Å²) in [7, 11) is 0. The van der Waals surface area contributed by atoms with Gasteiger partial charge in [-0.15, -0.1) is 12.6 Å². The lowest BCUT2D eigenvalue weighted by atomic mass is 10.2. The van der Waals surface area contributed by atoms with E-state index in [1.807, 2.05) is 55.5 Å². The molecule has 0 fully saturated rings. The second kappa shape index (κ2) is 5.06. The van der Waals surface area contributed by atoms with Crippen molar-refractivity contribution in [3.8, 4) is 0 Å². The molecule has 2 nitrogen and oxygen atoms in total. The third-order valence-corrected chi connectivity index (χ3v) is 2.74. The molecule has 0 aromatic heterocycles. The molecule has 0 aliphatic carbocycles. The molecular formula is C14H14N2S. The van der Waals surface area contributed by atoms with E-state index in [-0.39, 0.29) is 0 Å². The summed E-state index contributed by atoms with van der Waals surface area (Å²) in [5, 5.41) is 0. The van der Waals surface area contributed by atoms with Crippen LogP contribution in [0.2, 0.25) is 0 Å². The van der Waals surface area contributed by atoms with Crippen molar-refractivity contribution in [2.24, 2.45) is 10.7 Å². The number of aliphatic imine (C=N–C) groups is 1. The van der Waals surface area contributed by atoms with Crippen LogP contribution in [0.5, 0.6) is 0 Å². The largest absolute Gasteiger partial charge is 0.383 e. The smallest absolute Gasteiger partial charge is 0.131 e. The Morgan fingerprint density at radius 2 is 1.59 bits per heavy atom. The molecule has 0 amide bonds. The molecule has 0 heterocycles. The molecular weight excluding hydrogens is 228 g/mol. The molecule has 0 saturated carbocycles. The average molecular weight is 242 g/mol. The zero-order valence-electron chi connectivity index (χ0n) is 9.59. The van der Waals surface area contributed by atoms with Crippen LogP contribution in [0.3, 0.4) is 0 Å². The topological polar surface area (TPSA) is 38.4 Å². The minimum atomic E-state index is 0.516. The van der Waals surface area contributed by atoms with Gasteiger partial charge < -0.3 is 5.73 Å². The molecule has 0 spiro atoms. The Labute approximate surface area is 107 Å². The number of aryl methyl sites for hydroxylation is 1. The predicted molar refractivity (Wildman–Crippen MR) is 75.3 cm³/mol. The molecule has 2 aromatic carbocycles. The van der Waals surface area contributed by atoms with Gasteiger partial charge in [0, 0.05) is 10.5 Å². The van der Waals surface area contributed by atoms with Crippen molar-refractivity contribution in [2.45, 2.75) is 11.8 Å². The van der Waals surface area contributed by atoms with Crippen molar-refractivity contribution < 1.29 is 0 Å². The van der Waals surface area contributed by atoms with Crippen molar-refractivity contribution in [3.63, 3.8) is 0 Å². The van der Waals surface area contributed by atoms with E-state index in [0.717, 1.165) is 16.1 Å². The maximum atomic E-state index is 5.94. The summed E-state index contributed by atoms with van der Waals surface area (Å²) in [6.07, 6.45) is 0. The van der Waals surface area contributed by atoms with E-state index >= 15 is 0 Å². The summed E-state index contributed by atoms with van der Waals surface area (Å²) in [6.45, 7) is 2.04. The molecule has 0 atom stereocenters. The Balaban J connectivity index is 2.27. The number of amidine groups is 1. The molecule has 0 aliphatic heterocycles. The Kier molecular flexibility index (Phi) is 3.49. The number of benzene rings is 2. The summed E-state index contributed by atoms with van der Waals surface area (Å²) in [4.78, 5) is 5.28. The molecule has 17 heavy (non-hydrogen) atoms. The molecule has 0 saturated heterocycles. The zero-order valence-corrected chi connectivity index (χ0v) is 10.5. The number of nitrogens with two attached hydrogens (primary N) is 1. The van der Waals surface area contributed by atoms with Gasteiger partial charge in [-0.3, -0.25) is 0 Å². The monoisotopic (exact) mass is 242 g/mol. The summed E-state index contributed by atoms with van der Waals surface area (Å²) >= 11 is 4.23. The Morgan fingerprint density at radius 1 is 1.00 bits per heavy atom. The van der Waals surface area contributed by atoms with Gasteiger partial charge >= 0.3 is 0 Å². The number of thiol groups is 1. The molecule has 2 rings (SSSR count). The van der Waals surface area contributed by atoms with E-state index in [0.29, 0.717) is 5.84 Å². The van der Waals surface area contributed by atoms with Crippen molar-refractivity contribution in [2.75, 3.05) is 0 Å². The normalized spacial score (nSPS) is 11.5. The van der Waals surface area contributed by atoms with E-state index in [1.54, 1.807) is 0 Å². The van der Waals surface area contributed by atoms with E-state index in [9.17, 15) is 0 Å². The van der Waals surface area contributed by atoms with Crippen LogP contribution in [0, 0.1) is 6.92 Å². The highest BCUT2D eigenvalue weighted by Gasteiger charge is 1.98. The fraction of sp³-hybridized carbons (Fsp3) is 0.0714. The van der Waals surface area contributed by atoms with Crippen LogP contribution in [0.25, 0.3) is 0 Å². The third kappa shape index (κ3) is 3.11. The minimum Gasteiger partial charge on any atom is -0.383 e.